The first-order valence-electron chi connectivity index (χ1n) is 12.6. The van der Waals surface area contributed by atoms with Gasteiger partial charge in [0.2, 0.25) is 5.91 Å². The molecule has 5 rings (SSSR count). The van der Waals surface area contributed by atoms with Gasteiger partial charge < -0.3 is 15.0 Å². The highest BCUT2D eigenvalue weighted by molar-refractivity contribution is 9.11. The van der Waals surface area contributed by atoms with Gasteiger partial charge in [-0.3, -0.25) is 14.6 Å². The van der Waals surface area contributed by atoms with Gasteiger partial charge in [-0.2, -0.15) is 0 Å². The highest BCUT2D eigenvalue weighted by Crippen LogP contribution is 2.63. The first-order valence-corrected chi connectivity index (χ1v) is 16.5. The molecule has 9 nitrogen and oxygen atoms in total. The van der Waals surface area contributed by atoms with Gasteiger partial charge in [0.05, 0.1) is 14.7 Å². The second-order valence-electron chi connectivity index (χ2n) is 10.8. The molecule has 0 aliphatic heterocycles. The van der Waals surface area contributed by atoms with Crippen LogP contribution in [0.3, 0.4) is 0 Å². The lowest BCUT2D eigenvalue weighted by Crippen LogP contribution is -2.44. The second kappa shape index (κ2) is 10.6. The maximum atomic E-state index is 12.7. The molecule has 2 saturated carbocycles. The minimum atomic E-state index is -4.72. The standard InChI is InChI=1S/C25H30Br2N3O6PS/c1-12-11-28-24(38-12)29-20(31)6-3-13-9-19(30-32)25(2)8-7-14-15(21(13)25)4-5-16-17(14)10-18(26)23(22(16)27)36-37(33,34)35/h10-11,13-15,21,32H,3-9H2,1-2H3,(H,28,29,31)(H2,33,34,35). The van der Waals surface area contributed by atoms with Crippen molar-refractivity contribution in [1.82, 2.24) is 4.98 Å². The van der Waals surface area contributed by atoms with Gasteiger partial charge in [-0.1, -0.05) is 12.1 Å². The predicted molar refractivity (Wildman–Crippen MR) is 152 cm³/mol. The Labute approximate surface area is 242 Å². The molecule has 3 aliphatic carbocycles. The summed E-state index contributed by atoms with van der Waals surface area (Å²) in [5, 5.41) is 17.2. The van der Waals surface area contributed by atoms with E-state index in [1.165, 1.54) is 11.3 Å². The van der Waals surface area contributed by atoms with Crippen LogP contribution >= 0.6 is 51.0 Å². The number of oxime groups is 1. The average molecular weight is 691 g/mol. The topological polar surface area (TPSA) is 141 Å². The van der Waals surface area contributed by atoms with Crippen molar-refractivity contribution in [2.45, 2.75) is 64.7 Å². The van der Waals surface area contributed by atoms with Crippen molar-refractivity contribution in [3.63, 3.8) is 0 Å². The Kier molecular flexibility index (Phi) is 7.87. The number of nitrogens with zero attached hydrogens (tertiary/aromatic N) is 2. The molecule has 1 amide bonds. The summed E-state index contributed by atoms with van der Waals surface area (Å²) < 4.78 is 17.6. The number of hydrogen-bond donors (Lipinski definition) is 4. The summed E-state index contributed by atoms with van der Waals surface area (Å²) in [7, 11) is -4.72. The first kappa shape index (κ1) is 28.2. The van der Waals surface area contributed by atoms with E-state index in [9.17, 15) is 24.4 Å². The lowest BCUT2D eigenvalue weighted by atomic mass is 9.54. The van der Waals surface area contributed by atoms with Crippen LogP contribution in [0.15, 0.2) is 26.4 Å². The zero-order chi connectivity index (χ0) is 27.4. The van der Waals surface area contributed by atoms with Gasteiger partial charge in [-0.25, -0.2) is 9.55 Å². The van der Waals surface area contributed by atoms with Crippen molar-refractivity contribution in [2.24, 2.45) is 28.3 Å². The predicted octanol–water partition coefficient (Wildman–Crippen LogP) is 6.78. The van der Waals surface area contributed by atoms with Crippen molar-refractivity contribution < 1.29 is 28.9 Å². The highest BCUT2D eigenvalue weighted by Gasteiger charge is 2.57. The Morgan fingerprint density at radius 1 is 1.37 bits per heavy atom. The van der Waals surface area contributed by atoms with E-state index >= 15 is 0 Å². The Morgan fingerprint density at radius 2 is 2.13 bits per heavy atom. The maximum Gasteiger partial charge on any atom is 0.524 e. The number of nitrogens with one attached hydrogen (secondary N) is 1. The number of aromatic nitrogens is 1. The number of phosphoric ester groups is 1. The van der Waals surface area contributed by atoms with E-state index in [1.807, 2.05) is 13.0 Å². The third-order valence-corrected chi connectivity index (χ3v) is 11.4. The number of hydrogen-bond acceptors (Lipinski definition) is 7. The van der Waals surface area contributed by atoms with E-state index in [0.29, 0.717) is 39.3 Å². The van der Waals surface area contributed by atoms with Crippen LogP contribution in [0.25, 0.3) is 0 Å². The summed E-state index contributed by atoms with van der Waals surface area (Å²) in [6, 6.07) is 1.94. The molecule has 0 bridgehead atoms. The van der Waals surface area contributed by atoms with Crippen LogP contribution in [0.1, 0.15) is 67.4 Å². The molecule has 0 spiro atoms. The van der Waals surface area contributed by atoms with Crippen molar-refractivity contribution in [3.05, 3.63) is 37.2 Å². The number of rotatable bonds is 6. The Balaban J connectivity index is 1.40. The Bertz CT molecular complexity index is 1350. The Hall–Kier alpha value is -1.30. The number of thiazole rings is 1. The number of phosphoric acid groups is 1. The van der Waals surface area contributed by atoms with Crippen molar-refractivity contribution in [1.29, 1.82) is 0 Å². The highest BCUT2D eigenvalue weighted by atomic mass is 79.9. The molecule has 5 atom stereocenters. The number of carbonyl (C=O) groups excluding carboxylic acids is 1. The fourth-order valence-corrected chi connectivity index (χ4v) is 10.1. The number of aryl methyl sites for hydroxylation is 1. The third kappa shape index (κ3) is 5.24. The van der Waals surface area contributed by atoms with Gasteiger partial charge >= 0.3 is 7.82 Å². The largest absolute Gasteiger partial charge is 0.524 e. The summed E-state index contributed by atoms with van der Waals surface area (Å²) in [6.07, 6.45) is 6.92. The molecule has 206 valence electrons. The van der Waals surface area contributed by atoms with Crippen LogP contribution in [-0.2, 0) is 15.8 Å². The summed E-state index contributed by atoms with van der Waals surface area (Å²) in [6.45, 7) is 4.16. The van der Waals surface area contributed by atoms with Gasteiger partial charge in [0.15, 0.2) is 10.9 Å². The van der Waals surface area contributed by atoms with Gasteiger partial charge in [0.1, 0.15) is 0 Å². The van der Waals surface area contributed by atoms with E-state index < -0.39 is 7.82 Å². The number of amides is 1. The number of carbonyl (C=O) groups is 1. The van der Waals surface area contributed by atoms with Gasteiger partial charge in [-0.15, -0.1) is 11.3 Å². The quantitative estimate of drug-likeness (QED) is 0.149. The van der Waals surface area contributed by atoms with E-state index in [1.54, 1.807) is 6.20 Å². The maximum absolute atomic E-state index is 12.7. The first-order chi connectivity index (χ1) is 17.9. The fraction of sp³-hybridized carbons (Fsp3) is 0.560. The van der Waals surface area contributed by atoms with Crippen molar-refractivity contribution in [3.8, 4) is 5.75 Å². The third-order valence-electron chi connectivity index (χ3n) is 8.69. The number of fused-ring (bicyclic) bond motifs is 5. The summed E-state index contributed by atoms with van der Waals surface area (Å²) in [4.78, 5) is 36.7. The van der Waals surface area contributed by atoms with E-state index in [0.717, 1.165) is 47.4 Å². The van der Waals surface area contributed by atoms with Crippen LogP contribution in [0.5, 0.6) is 5.75 Å². The van der Waals surface area contributed by atoms with Crippen molar-refractivity contribution in [2.75, 3.05) is 5.32 Å². The van der Waals surface area contributed by atoms with E-state index in [-0.39, 0.29) is 34.8 Å². The van der Waals surface area contributed by atoms with Gasteiger partial charge in [0, 0.05) is 22.9 Å². The van der Waals surface area contributed by atoms with E-state index in [2.05, 4.69) is 54.2 Å². The van der Waals surface area contributed by atoms with Crippen LogP contribution < -0.4 is 9.84 Å². The van der Waals surface area contributed by atoms with Crippen LogP contribution in [0.4, 0.5) is 5.13 Å². The van der Waals surface area contributed by atoms with Crippen molar-refractivity contribution >= 4 is 67.8 Å². The molecule has 2 aromatic rings. The summed E-state index contributed by atoms with van der Waals surface area (Å²) in [5.41, 5.74) is 2.79. The van der Waals surface area contributed by atoms with Crippen LogP contribution in [0.2, 0.25) is 0 Å². The molecular formula is C25H30Br2N3O6PS. The monoisotopic (exact) mass is 689 g/mol. The number of halogens is 2. The number of benzene rings is 1. The molecule has 3 aliphatic rings. The molecule has 13 heteroatoms. The van der Waals surface area contributed by atoms with E-state index in [4.69, 9.17) is 4.52 Å². The summed E-state index contributed by atoms with van der Waals surface area (Å²) in [5.74, 6) is 1.13. The zero-order valence-corrected chi connectivity index (χ0v) is 25.9. The fourth-order valence-electron chi connectivity index (χ4n) is 7.24. The van der Waals surface area contributed by atoms with Crippen LogP contribution in [-0.4, -0.2) is 31.6 Å². The van der Waals surface area contributed by atoms with Gasteiger partial charge in [0.25, 0.3) is 0 Å². The molecule has 2 fully saturated rings. The van der Waals surface area contributed by atoms with Gasteiger partial charge in [-0.05, 0) is 118 Å². The molecule has 1 heterocycles. The SMILES string of the molecule is Cc1cnc(NC(=O)CCC2CC(=NO)C3(C)CCC4c5cc(Br)c(OP(=O)(O)O)c(Br)c5CCC4C23)s1. The minimum absolute atomic E-state index is 0.0535. The molecular weight excluding hydrogens is 661 g/mol. The van der Waals surface area contributed by atoms with Crippen LogP contribution in [0, 0.1) is 30.1 Å². The normalized spacial score (nSPS) is 29.5. The molecule has 4 N–H and O–H groups in total. The minimum Gasteiger partial charge on any atom is -0.411 e. The Morgan fingerprint density at radius 3 is 2.79 bits per heavy atom. The molecule has 1 aromatic carbocycles. The zero-order valence-electron chi connectivity index (χ0n) is 21.0. The molecule has 38 heavy (non-hydrogen) atoms. The molecule has 0 radical (unpaired) electrons. The lowest BCUT2D eigenvalue weighted by molar-refractivity contribution is -0.116. The average Bonchev–Trinajstić information content (AvgIpc) is 3.38. The molecule has 1 aromatic heterocycles. The number of anilines is 1. The summed E-state index contributed by atoms with van der Waals surface area (Å²) >= 11 is 8.48. The smallest absolute Gasteiger partial charge is 0.411 e. The molecule has 5 unspecified atom stereocenters. The molecule has 0 saturated heterocycles. The second-order valence-corrected chi connectivity index (χ2v) is 14.9. The lowest BCUT2D eigenvalue weighted by Gasteiger charge is -2.50.